The number of nitrogens with zero attached hydrogens (tertiary/aromatic N) is 1. The van der Waals surface area contributed by atoms with Crippen molar-refractivity contribution in [2.75, 3.05) is 6.54 Å². The number of aliphatic hydroxyl groups is 1. The van der Waals surface area contributed by atoms with Crippen LogP contribution in [0.1, 0.15) is 20.3 Å². The molecule has 0 unspecified atom stereocenters. The Hall–Kier alpha value is -1.30. The topological polar surface area (TPSA) is 87.1 Å². The Morgan fingerprint density at radius 3 is 2.53 bits per heavy atom. The summed E-state index contributed by atoms with van der Waals surface area (Å²) in [7, 11) is 0. The van der Waals surface area contributed by atoms with Gasteiger partial charge in [0.05, 0.1) is 18.8 Å². The molecule has 1 amide bonds. The van der Waals surface area contributed by atoms with Crippen molar-refractivity contribution in [1.29, 1.82) is 0 Å². The highest BCUT2D eigenvalue weighted by molar-refractivity contribution is 5.80. The Bertz CT molecular complexity index is 265. The summed E-state index contributed by atoms with van der Waals surface area (Å²) in [5, 5.41) is 18.1. The number of carboxylic acids is 1. The van der Waals surface area contributed by atoms with Crippen LogP contribution in [-0.4, -0.2) is 52.0 Å². The zero-order valence-electron chi connectivity index (χ0n) is 8.71. The molecule has 86 valence electrons. The van der Waals surface area contributed by atoms with Crippen LogP contribution in [0.5, 0.6) is 0 Å². The van der Waals surface area contributed by atoms with Gasteiger partial charge in [0.15, 0.2) is 0 Å². The average Bonchev–Trinajstić information content (AvgIpc) is 2.46. The fourth-order valence-electron chi connectivity index (χ4n) is 1.52. The molecule has 1 saturated heterocycles. The van der Waals surface area contributed by atoms with Gasteiger partial charge < -0.3 is 14.9 Å². The number of aliphatic carboxylic acids is 1. The molecule has 1 aliphatic rings. The summed E-state index contributed by atoms with van der Waals surface area (Å²) in [6.45, 7) is 3.38. The molecule has 0 spiro atoms. The van der Waals surface area contributed by atoms with Crippen molar-refractivity contribution < 1.29 is 24.5 Å². The number of hydrogen-bond acceptors (Lipinski definition) is 4. The molecule has 0 bridgehead atoms. The summed E-state index contributed by atoms with van der Waals surface area (Å²) in [6.07, 6.45) is -1.72. The quantitative estimate of drug-likeness (QED) is 0.682. The lowest BCUT2D eigenvalue weighted by Gasteiger charge is -2.21. The summed E-state index contributed by atoms with van der Waals surface area (Å²) in [5.41, 5.74) is 0. The Labute approximate surface area is 87.4 Å². The monoisotopic (exact) mass is 217 g/mol. The van der Waals surface area contributed by atoms with Gasteiger partial charge in [-0.1, -0.05) is 0 Å². The first-order valence-corrected chi connectivity index (χ1v) is 4.80. The van der Waals surface area contributed by atoms with E-state index in [1.807, 2.05) is 0 Å². The third-order valence-corrected chi connectivity index (χ3v) is 2.14. The van der Waals surface area contributed by atoms with E-state index in [4.69, 9.17) is 9.84 Å². The van der Waals surface area contributed by atoms with Crippen molar-refractivity contribution in [3.8, 4) is 0 Å². The van der Waals surface area contributed by atoms with E-state index in [1.165, 1.54) is 0 Å². The number of carbonyl (C=O) groups excluding carboxylic acids is 1. The van der Waals surface area contributed by atoms with Gasteiger partial charge in [-0.3, -0.25) is 4.90 Å². The maximum absolute atomic E-state index is 11.4. The van der Waals surface area contributed by atoms with Crippen LogP contribution in [0.2, 0.25) is 0 Å². The number of aliphatic hydroxyl groups excluding tert-OH is 1. The zero-order valence-corrected chi connectivity index (χ0v) is 8.71. The molecule has 6 heteroatoms. The maximum Gasteiger partial charge on any atom is 0.410 e. The third-order valence-electron chi connectivity index (χ3n) is 2.14. The second kappa shape index (κ2) is 4.48. The smallest absolute Gasteiger partial charge is 0.410 e. The Morgan fingerprint density at radius 1 is 1.47 bits per heavy atom. The average molecular weight is 217 g/mol. The van der Waals surface area contributed by atoms with Gasteiger partial charge in [0.25, 0.3) is 0 Å². The van der Waals surface area contributed by atoms with Crippen molar-refractivity contribution >= 4 is 12.1 Å². The van der Waals surface area contributed by atoms with Crippen LogP contribution in [0.3, 0.4) is 0 Å². The van der Waals surface area contributed by atoms with Crippen LogP contribution in [0.25, 0.3) is 0 Å². The molecule has 0 saturated carbocycles. The second-order valence-corrected chi connectivity index (χ2v) is 3.83. The van der Waals surface area contributed by atoms with E-state index in [0.29, 0.717) is 0 Å². The Balaban J connectivity index is 2.66. The molecule has 2 atom stereocenters. The van der Waals surface area contributed by atoms with E-state index in [-0.39, 0.29) is 19.1 Å². The highest BCUT2D eigenvalue weighted by Gasteiger charge is 2.39. The number of ether oxygens (including phenoxy) is 1. The lowest BCUT2D eigenvalue weighted by atomic mass is 10.2. The third kappa shape index (κ3) is 2.82. The fourth-order valence-corrected chi connectivity index (χ4v) is 1.52. The van der Waals surface area contributed by atoms with Gasteiger partial charge in [-0.05, 0) is 13.8 Å². The molecule has 1 aliphatic heterocycles. The van der Waals surface area contributed by atoms with E-state index in [2.05, 4.69) is 0 Å². The summed E-state index contributed by atoms with van der Waals surface area (Å²) in [6, 6.07) is -0.980. The first-order chi connectivity index (χ1) is 6.91. The normalized spacial score (nSPS) is 25.7. The molecule has 6 nitrogen and oxygen atoms in total. The summed E-state index contributed by atoms with van der Waals surface area (Å²) in [5.74, 6) is -1.12. The molecule has 0 aromatic rings. The molecular weight excluding hydrogens is 202 g/mol. The number of carbonyl (C=O) groups is 2. The summed E-state index contributed by atoms with van der Waals surface area (Å²) >= 11 is 0. The van der Waals surface area contributed by atoms with Crippen molar-refractivity contribution in [1.82, 2.24) is 4.90 Å². The van der Waals surface area contributed by atoms with Crippen molar-refractivity contribution in [2.24, 2.45) is 0 Å². The van der Waals surface area contributed by atoms with E-state index in [1.54, 1.807) is 13.8 Å². The largest absolute Gasteiger partial charge is 0.480 e. The number of amides is 1. The minimum atomic E-state index is -1.12. The highest BCUT2D eigenvalue weighted by atomic mass is 16.6. The van der Waals surface area contributed by atoms with E-state index in [9.17, 15) is 14.7 Å². The SMILES string of the molecule is CC(C)OC(=O)N1C[C@H](O)C[C@H]1C(=O)O. The van der Waals surface area contributed by atoms with Gasteiger partial charge >= 0.3 is 12.1 Å². The van der Waals surface area contributed by atoms with Crippen LogP contribution in [0.15, 0.2) is 0 Å². The number of β-amino-alcohol motifs (C(OH)–C–C–N with tert-alkyl or cyclic N) is 1. The zero-order chi connectivity index (χ0) is 11.6. The minimum Gasteiger partial charge on any atom is -0.480 e. The van der Waals surface area contributed by atoms with Gasteiger partial charge in [0.1, 0.15) is 6.04 Å². The first-order valence-electron chi connectivity index (χ1n) is 4.80. The van der Waals surface area contributed by atoms with Gasteiger partial charge in [0.2, 0.25) is 0 Å². The minimum absolute atomic E-state index is 0.0164. The van der Waals surface area contributed by atoms with Crippen LogP contribution in [-0.2, 0) is 9.53 Å². The molecule has 1 fully saturated rings. The van der Waals surface area contributed by atoms with E-state index >= 15 is 0 Å². The lowest BCUT2D eigenvalue weighted by Crippen LogP contribution is -2.41. The fraction of sp³-hybridized carbons (Fsp3) is 0.778. The molecule has 0 aromatic heterocycles. The standard InChI is InChI=1S/C9H15NO5/c1-5(2)15-9(14)10-4-6(11)3-7(10)8(12)13/h5-7,11H,3-4H2,1-2H3,(H,12,13)/t6-,7+/m1/s1. The molecular formula is C9H15NO5. The number of hydrogen-bond donors (Lipinski definition) is 2. The first kappa shape index (κ1) is 11.8. The van der Waals surface area contributed by atoms with Gasteiger partial charge in [-0.2, -0.15) is 0 Å². The lowest BCUT2D eigenvalue weighted by molar-refractivity contribution is -0.141. The van der Waals surface area contributed by atoms with Crippen molar-refractivity contribution in [3.63, 3.8) is 0 Å². The predicted molar refractivity (Wildman–Crippen MR) is 50.4 cm³/mol. The number of likely N-dealkylation sites (tertiary alicyclic amines) is 1. The molecule has 1 rings (SSSR count). The summed E-state index contributed by atoms with van der Waals surface area (Å²) in [4.78, 5) is 23.3. The molecule has 0 aliphatic carbocycles. The van der Waals surface area contributed by atoms with Crippen LogP contribution in [0.4, 0.5) is 4.79 Å². The molecule has 15 heavy (non-hydrogen) atoms. The predicted octanol–water partition coefficient (Wildman–Crippen LogP) is 0.0512. The van der Waals surface area contributed by atoms with Crippen molar-refractivity contribution in [2.45, 2.75) is 38.5 Å². The van der Waals surface area contributed by atoms with Crippen LogP contribution >= 0.6 is 0 Å². The summed E-state index contributed by atoms with van der Waals surface area (Å²) < 4.78 is 4.88. The van der Waals surface area contributed by atoms with Gasteiger partial charge in [0, 0.05) is 6.42 Å². The molecule has 2 N–H and O–H groups in total. The van der Waals surface area contributed by atoms with E-state index < -0.39 is 24.2 Å². The molecule has 0 radical (unpaired) electrons. The Kier molecular flexibility index (Phi) is 3.52. The maximum atomic E-state index is 11.4. The molecule has 0 aromatic carbocycles. The van der Waals surface area contributed by atoms with Gasteiger partial charge in [-0.25, -0.2) is 9.59 Å². The van der Waals surface area contributed by atoms with Gasteiger partial charge in [-0.15, -0.1) is 0 Å². The Morgan fingerprint density at radius 2 is 2.07 bits per heavy atom. The highest BCUT2D eigenvalue weighted by Crippen LogP contribution is 2.19. The number of carboxylic acid groups (broad SMARTS) is 1. The van der Waals surface area contributed by atoms with Crippen molar-refractivity contribution in [3.05, 3.63) is 0 Å². The van der Waals surface area contributed by atoms with E-state index in [0.717, 1.165) is 4.90 Å². The van der Waals surface area contributed by atoms with Crippen LogP contribution < -0.4 is 0 Å². The number of rotatable bonds is 2. The molecule has 1 heterocycles. The van der Waals surface area contributed by atoms with Crippen LogP contribution in [0, 0.1) is 0 Å². The second-order valence-electron chi connectivity index (χ2n) is 3.83.